The molecule has 126 valence electrons. The average molecular weight is 327 g/mol. The van der Waals surface area contributed by atoms with Gasteiger partial charge in [-0.15, -0.1) is 0 Å². The monoisotopic (exact) mass is 327 g/mol. The van der Waals surface area contributed by atoms with E-state index in [1.807, 2.05) is 32.0 Å². The Morgan fingerprint density at radius 3 is 2.79 bits per heavy atom. The molecule has 0 bridgehead atoms. The normalized spacial score (nSPS) is 14.6. The molecule has 1 aliphatic heterocycles. The van der Waals surface area contributed by atoms with Crippen molar-refractivity contribution in [2.75, 3.05) is 22.1 Å². The number of piperidine rings is 1. The third kappa shape index (κ3) is 3.40. The van der Waals surface area contributed by atoms with Gasteiger partial charge in [0.15, 0.2) is 0 Å². The Labute approximate surface area is 140 Å². The molecular weight excluding hydrogens is 306 g/mol. The van der Waals surface area contributed by atoms with Gasteiger partial charge < -0.3 is 15.5 Å². The maximum Gasteiger partial charge on any atom is 0.323 e. The Morgan fingerprint density at radius 2 is 2.08 bits per heavy atom. The number of carbonyl (C=O) groups is 2. The fraction of sp³-hybridized carbons (Fsp3) is 0.353. The third-order valence-electron chi connectivity index (χ3n) is 4.11. The van der Waals surface area contributed by atoms with Gasteiger partial charge in [0.2, 0.25) is 5.91 Å². The van der Waals surface area contributed by atoms with Crippen LogP contribution in [0, 0.1) is 13.8 Å². The highest BCUT2D eigenvalue weighted by Crippen LogP contribution is 2.24. The summed E-state index contributed by atoms with van der Waals surface area (Å²) in [5.74, 6) is 0.132. The number of urea groups is 1. The topological polar surface area (TPSA) is 90.1 Å². The van der Waals surface area contributed by atoms with Gasteiger partial charge in [-0.2, -0.15) is 5.10 Å². The van der Waals surface area contributed by atoms with Crippen molar-refractivity contribution in [2.45, 2.75) is 33.1 Å². The second-order valence-corrected chi connectivity index (χ2v) is 5.94. The number of hydrogen-bond donors (Lipinski definition) is 3. The van der Waals surface area contributed by atoms with Crippen LogP contribution in [-0.2, 0) is 4.79 Å². The van der Waals surface area contributed by atoms with Crippen molar-refractivity contribution >= 4 is 29.0 Å². The molecule has 0 atom stereocenters. The molecular formula is C17H21N5O2. The molecule has 0 saturated carbocycles. The summed E-state index contributed by atoms with van der Waals surface area (Å²) >= 11 is 0. The number of aromatic nitrogens is 2. The molecule has 7 heteroatoms. The second-order valence-electron chi connectivity index (χ2n) is 5.94. The Bertz CT molecular complexity index is 749. The zero-order valence-electron chi connectivity index (χ0n) is 13.8. The third-order valence-corrected chi connectivity index (χ3v) is 4.11. The quantitative estimate of drug-likeness (QED) is 0.808. The number of benzene rings is 1. The molecule has 3 rings (SSSR count). The summed E-state index contributed by atoms with van der Waals surface area (Å²) in [5.41, 5.74) is 3.66. The summed E-state index contributed by atoms with van der Waals surface area (Å²) in [5, 5.41) is 12.5. The van der Waals surface area contributed by atoms with Gasteiger partial charge in [0.25, 0.3) is 0 Å². The Hall–Kier alpha value is -2.83. The van der Waals surface area contributed by atoms with Gasteiger partial charge in [-0.05, 0) is 44.9 Å². The average Bonchev–Trinajstić information content (AvgIpc) is 2.87. The van der Waals surface area contributed by atoms with Crippen LogP contribution in [0.5, 0.6) is 0 Å². The number of nitrogens with one attached hydrogen (secondary N) is 3. The molecule has 1 aliphatic rings. The van der Waals surface area contributed by atoms with E-state index in [1.54, 1.807) is 11.0 Å². The zero-order chi connectivity index (χ0) is 17.1. The van der Waals surface area contributed by atoms with Crippen LogP contribution in [0.25, 0.3) is 0 Å². The van der Waals surface area contributed by atoms with Crippen LogP contribution in [0.2, 0.25) is 0 Å². The van der Waals surface area contributed by atoms with Crippen LogP contribution in [0.4, 0.5) is 21.9 Å². The maximum absolute atomic E-state index is 12.2. The van der Waals surface area contributed by atoms with Crippen LogP contribution in [-0.4, -0.2) is 28.7 Å². The first kappa shape index (κ1) is 16.0. The molecule has 0 radical (unpaired) electrons. The van der Waals surface area contributed by atoms with E-state index in [9.17, 15) is 9.59 Å². The molecule has 1 aromatic carbocycles. The van der Waals surface area contributed by atoms with E-state index in [0.29, 0.717) is 17.8 Å². The summed E-state index contributed by atoms with van der Waals surface area (Å²) < 4.78 is 0. The molecule has 0 unspecified atom stereocenters. The lowest BCUT2D eigenvalue weighted by Crippen LogP contribution is -2.35. The van der Waals surface area contributed by atoms with Crippen LogP contribution in [0.15, 0.2) is 24.3 Å². The van der Waals surface area contributed by atoms with E-state index in [1.165, 1.54) is 0 Å². The van der Waals surface area contributed by atoms with Crippen LogP contribution in [0.1, 0.15) is 30.7 Å². The fourth-order valence-electron chi connectivity index (χ4n) is 2.84. The Kier molecular flexibility index (Phi) is 4.50. The van der Waals surface area contributed by atoms with Crippen molar-refractivity contribution < 1.29 is 9.59 Å². The number of carbonyl (C=O) groups excluding carboxylic acids is 2. The molecule has 0 aliphatic carbocycles. The predicted octanol–water partition coefficient (Wildman–Crippen LogP) is 3.19. The molecule has 2 aromatic rings. The molecule has 1 saturated heterocycles. The van der Waals surface area contributed by atoms with Crippen LogP contribution in [0.3, 0.4) is 0 Å². The largest absolute Gasteiger partial charge is 0.323 e. The summed E-state index contributed by atoms with van der Waals surface area (Å²) in [6.45, 7) is 4.39. The van der Waals surface area contributed by atoms with Crippen molar-refractivity contribution in [3.63, 3.8) is 0 Å². The van der Waals surface area contributed by atoms with Gasteiger partial charge in [0.05, 0.1) is 17.1 Å². The van der Waals surface area contributed by atoms with E-state index in [2.05, 4.69) is 20.8 Å². The minimum Gasteiger partial charge on any atom is -0.312 e. The smallest absolute Gasteiger partial charge is 0.312 e. The molecule has 0 spiro atoms. The first-order valence-electron chi connectivity index (χ1n) is 8.04. The highest BCUT2D eigenvalue weighted by molar-refractivity contribution is 6.01. The summed E-state index contributed by atoms with van der Waals surface area (Å²) in [4.78, 5) is 26.0. The number of aryl methyl sites for hydroxylation is 2. The molecule has 1 fully saturated rings. The van der Waals surface area contributed by atoms with Gasteiger partial charge >= 0.3 is 6.03 Å². The van der Waals surface area contributed by atoms with E-state index >= 15 is 0 Å². The number of H-pyrrole nitrogens is 1. The lowest BCUT2D eigenvalue weighted by atomic mass is 10.1. The SMILES string of the molecule is Cc1n[nH]c(C)c1NC(=O)Nc1cccc(N2CCCCC2=O)c1. The van der Waals surface area contributed by atoms with Gasteiger partial charge in [-0.1, -0.05) is 6.07 Å². The molecule has 24 heavy (non-hydrogen) atoms. The predicted molar refractivity (Wildman–Crippen MR) is 93.3 cm³/mol. The van der Waals surface area contributed by atoms with Crippen molar-refractivity contribution in [3.05, 3.63) is 35.7 Å². The molecule has 1 aromatic heterocycles. The van der Waals surface area contributed by atoms with Crippen LogP contribution < -0.4 is 15.5 Å². The summed E-state index contributed by atoms with van der Waals surface area (Å²) in [7, 11) is 0. The fourth-order valence-corrected chi connectivity index (χ4v) is 2.84. The van der Waals surface area contributed by atoms with E-state index in [0.717, 1.165) is 36.5 Å². The first-order valence-corrected chi connectivity index (χ1v) is 8.04. The Morgan fingerprint density at radius 1 is 1.25 bits per heavy atom. The van der Waals surface area contributed by atoms with Crippen molar-refractivity contribution in [1.29, 1.82) is 0 Å². The lowest BCUT2D eigenvalue weighted by Gasteiger charge is -2.27. The standard InChI is InChI=1S/C17H21N5O2/c1-11-16(12(2)21-20-11)19-17(24)18-13-6-5-7-14(10-13)22-9-4-3-8-15(22)23/h5-7,10H,3-4,8-9H2,1-2H3,(H,20,21)(H2,18,19,24). The number of aromatic amines is 1. The molecule has 2 heterocycles. The number of amides is 3. The second kappa shape index (κ2) is 6.74. The molecule has 3 N–H and O–H groups in total. The summed E-state index contributed by atoms with van der Waals surface area (Å²) in [6.07, 6.45) is 2.53. The minimum absolute atomic E-state index is 0.132. The number of hydrogen-bond acceptors (Lipinski definition) is 3. The number of rotatable bonds is 3. The van der Waals surface area contributed by atoms with Gasteiger partial charge in [-0.3, -0.25) is 9.89 Å². The van der Waals surface area contributed by atoms with Crippen molar-refractivity contribution in [3.8, 4) is 0 Å². The number of nitrogens with zero attached hydrogens (tertiary/aromatic N) is 2. The van der Waals surface area contributed by atoms with E-state index in [4.69, 9.17) is 0 Å². The molecule has 3 amide bonds. The molecule has 7 nitrogen and oxygen atoms in total. The van der Waals surface area contributed by atoms with Gasteiger partial charge in [0.1, 0.15) is 0 Å². The van der Waals surface area contributed by atoms with Gasteiger partial charge in [0, 0.05) is 24.3 Å². The highest BCUT2D eigenvalue weighted by atomic mass is 16.2. The van der Waals surface area contributed by atoms with E-state index in [-0.39, 0.29) is 11.9 Å². The Balaban J connectivity index is 1.70. The minimum atomic E-state index is -0.343. The highest BCUT2D eigenvalue weighted by Gasteiger charge is 2.20. The van der Waals surface area contributed by atoms with Crippen molar-refractivity contribution in [1.82, 2.24) is 10.2 Å². The maximum atomic E-state index is 12.2. The van der Waals surface area contributed by atoms with E-state index < -0.39 is 0 Å². The lowest BCUT2D eigenvalue weighted by molar-refractivity contribution is -0.119. The summed E-state index contributed by atoms with van der Waals surface area (Å²) in [6, 6.07) is 6.99. The number of anilines is 3. The zero-order valence-corrected chi connectivity index (χ0v) is 13.8. The van der Waals surface area contributed by atoms with Crippen molar-refractivity contribution in [2.24, 2.45) is 0 Å². The van der Waals surface area contributed by atoms with Gasteiger partial charge in [-0.25, -0.2) is 4.79 Å². The van der Waals surface area contributed by atoms with Crippen LogP contribution >= 0.6 is 0 Å². The first-order chi connectivity index (χ1) is 11.5.